The fourth-order valence-corrected chi connectivity index (χ4v) is 3.11. The molecule has 0 aromatic rings. The van der Waals surface area contributed by atoms with E-state index in [1.165, 1.54) is 32.1 Å². The number of phosphoric acid groups is 1. The molecular weight excluding hydrogens is 353 g/mol. The van der Waals surface area contributed by atoms with Gasteiger partial charge < -0.3 is 14.1 Å². The largest absolute Gasteiger partial charge is 0.472 e. The molecule has 0 radical (unpaired) electrons. The standard InChI is InChI=1S/C19H42NO5P/c1-5-6-16-23-17-13-11-9-7-8-10-12-14-18-24-26(21,22)25-19-15-20(2,3)4/h5-19H2,1-4H3/p+1. The third-order valence-electron chi connectivity index (χ3n) is 4.10. The molecule has 1 N–H and O–H groups in total. The smallest absolute Gasteiger partial charge is 0.381 e. The van der Waals surface area contributed by atoms with Crippen molar-refractivity contribution < 1.29 is 27.7 Å². The molecule has 7 heteroatoms. The predicted molar refractivity (Wildman–Crippen MR) is 107 cm³/mol. The van der Waals surface area contributed by atoms with Crippen LogP contribution in [-0.4, -0.2) is 63.5 Å². The van der Waals surface area contributed by atoms with E-state index in [0.29, 0.717) is 11.0 Å². The highest BCUT2D eigenvalue weighted by Gasteiger charge is 2.21. The van der Waals surface area contributed by atoms with Crippen LogP contribution < -0.4 is 0 Å². The first kappa shape index (κ1) is 26.0. The van der Waals surface area contributed by atoms with E-state index in [9.17, 15) is 9.46 Å². The van der Waals surface area contributed by atoms with Crippen molar-refractivity contribution in [1.29, 1.82) is 0 Å². The van der Waals surface area contributed by atoms with E-state index in [-0.39, 0.29) is 13.2 Å². The minimum atomic E-state index is -3.88. The van der Waals surface area contributed by atoms with Gasteiger partial charge in [0.15, 0.2) is 0 Å². The summed E-state index contributed by atoms with van der Waals surface area (Å²) in [4.78, 5) is 9.60. The molecule has 1 atom stereocenters. The molecule has 0 spiro atoms. The second-order valence-corrected chi connectivity index (χ2v) is 9.40. The highest BCUT2D eigenvalue weighted by Crippen LogP contribution is 2.43. The zero-order valence-electron chi connectivity index (χ0n) is 17.6. The molecule has 0 aromatic carbocycles. The molecular formula is C19H43NO5P+. The van der Waals surface area contributed by atoms with E-state index < -0.39 is 7.82 Å². The van der Waals surface area contributed by atoms with Crippen LogP contribution in [0.25, 0.3) is 0 Å². The number of phosphoric ester groups is 1. The summed E-state index contributed by atoms with van der Waals surface area (Å²) in [6, 6.07) is 0. The lowest BCUT2D eigenvalue weighted by Gasteiger charge is -2.24. The van der Waals surface area contributed by atoms with Gasteiger partial charge in [0.05, 0.1) is 27.7 Å². The first-order valence-electron chi connectivity index (χ1n) is 10.3. The highest BCUT2D eigenvalue weighted by molar-refractivity contribution is 7.47. The molecule has 0 heterocycles. The number of ether oxygens (including phenoxy) is 1. The van der Waals surface area contributed by atoms with Gasteiger partial charge in [0.2, 0.25) is 0 Å². The fraction of sp³-hybridized carbons (Fsp3) is 1.00. The number of quaternary nitrogens is 1. The van der Waals surface area contributed by atoms with Crippen LogP contribution >= 0.6 is 7.82 Å². The Balaban J connectivity index is 3.33. The molecule has 0 fully saturated rings. The first-order valence-corrected chi connectivity index (χ1v) is 11.8. The van der Waals surface area contributed by atoms with Gasteiger partial charge in [-0.1, -0.05) is 51.9 Å². The molecule has 0 aliphatic rings. The number of likely N-dealkylation sites (N-methyl/N-ethyl adjacent to an activating group) is 1. The van der Waals surface area contributed by atoms with Gasteiger partial charge in [-0.25, -0.2) is 4.57 Å². The Kier molecular flexibility index (Phi) is 16.0. The van der Waals surface area contributed by atoms with Crippen molar-refractivity contribution in [2.24, 2.45) is 0 Å². The molecule has 0 aliphatic carbocycles. The molecule has 158 valence electrons. The van der Waals surface area contributed by atoms with Gasteiger partial charge in [0.25, 0.3) is 0 Å². The second-order valence-electron chi connectivity index (χ2n) is 7.94. The van der Waals surface area contributed by atoms with Crippen molar-refractivity contribution in [3.63, 3.8) is 0 Å². The van der Waals surface area contributed by atoms with Crippen LogP contribution in [0.15, 0.2) is 0 Å². The van der Waals surface area contributed by atoms with Crippen LogP contribution in [0, 0.1) is 0 Å². The Bertz CT molecular complexity index is 360. The number of rotatable bonds is 19. The topological polar surface area (TPSA) is 65.0 Å². The molecule has 0 rings (SSSR count). The Hall–Kier alpha value is 0.0300. The third-order valence-corrected chi connectivity index (χ3v) is 5.11. The molecule has 6 nitrogen and oxygen atoms in total. The van der Waals surface area contributed by atoms with E-state index in [2.05, 4.69) is 6.92 Å². The first-order chi connectivity index (χ1) is 12.3. The van der Waals surface area contributed by atoms with Crippen molar-refractivity contribution in [1.82, 2.24) is 0 Å². The van der Waals surface area contributed by atoms with Crippen LogP contribution in [0.3, 0.4) is 0 Å². The van der Waals surface area contributed by atoms with Crippen LogP contribution in [0.1, 0.15) is 71.1 Å². The van der Waals surface area contributed by atoms with Gasteiger partial charge in [0, 0.05) is 13.2 Å². The monoisotopic (exact) mass is 396 g/mol. The van der Waals surface area contributed by atoms with Gasteiger partial charge in [-0.05, 0) is 19.3 Å². The van der Waals surface area contributed by atoms with Crippen molar-refractivity contribution in [3.8, 4) is 0 Å². The summed E-state index contributed by atoms with van der Waals surface area (Å²) in [5, 5.41) is 0. The maximum atomic E-state index is 11.7. The predicted octanol–water partition coefficient (Wildman–Crippen LogP) is 4.76. The molecule has 0 aliphatic heterocycles. The van der Waals surface area contributed by atoms with Crippen LogP contribution in [0.5, 0.6) is 0 Å². The van der Waals surface area contributed by atoms with Crippen LogP contribution in [0.4, 0.5) is 0 Å². The normalized spacial score (nSPS) is 14.5. The minimum Gasteiger partial charge on any atom is -0.381 e. The molecule has 26 heavy (non-hydrogen) atoms. The average Bonchev–Trinajstić information content (AvgIpc) is 2.53. The van der Waals surface area contributed by atoms with E-state index in [1.807, 2.05) is 21.1 Å². The van der Waals surface area contributed by atoms with Gasteiger partial charge >= 0.3 is 7.82 Å². The summed E-state index contributed by atoms with van der Waals surface area (Å²) in [5.74, 6) is 0. The van der Waals surface area contributed by atoms with Crippen LogP contribution in [0.2, 0.25) is 0 Å². The van der Waals surface area contributed by atoms with E-state index in [1.54, 1.807) is 0 Å². The lowest BCUT2D eigenvalue weighted by atomic mass is 10.1. The van der Waals surface area contributed by atoms with Crippen molar-refractivity contribution in [2.75, 3.05) is 54.1 Å². The molecule has 0 amide bonds. The molecule has 0 saturated heterocycles. The lowest BCUT2D eigenvalue weighted by Crippen LogP contribution is -2.37. The molecule has 0 saturated carbocycles. The summed E-state index contributed by atoms with van der Waals surface area (Å²) < 4.78 is 27.9. The lowest BCUT2D eigenvalue weighted by molar-refractivity contribution is -0.870. The number of unbranched alkanes of at least 4 members (excludes halogenated alkanes) is 8. The minimum absolute atomic E-state index is 0.223. The Labute approximate surface area is 161 Å². The molecule has 0 aromatic heterocycles. The van der Waals surface area contributed by atoms with E-state index >= 15 is 0 Å². The van der Waals surface area contributed by atoms with Crippen LogP contribution in [-0.2, 0) is 18.3 Å². The summed E-state index contributed by atoms with van der Waals surface area (Å²) in [6.07, 6.45) is 11.5. The maximum absolute atomic E-state index is 11.7. The zero-order valence-corrected chi connectivity index (χ0v) is 18.5. The Morgan fingerprint density at radius 1 is 0.731 bits per heavy atom. The number of hydrogen-bond donors (Lipinski definition) is 1. The SMILES string of the molecule is CCCCOCCCCCCCCCCOP(=O)(O)OCC[N+](C)(C)C. The average molecular weight is 397 g/mol. The van der Waals surface area contributed by atoms with Crippen molar-refractivity contribution in [2.45, 2.75) is 71.1 Å². The third kappa shape index (κ3) is 20.3. The summed E-state index contributed by atoms with van der Waals surface area (Å²) in [7, 11) is 2.14. The van der Waals surface area contributed by atoms with Gasteiger partial charge in [-0.15, -0.1) is 0 Å². The van der Waals surface area contributed by atoms with E-state index in [4.69, 9.17) is 13.8 Å². The summed E-state index contributed by atoms with van der Waals surface area (Å²) in [6.45, 7) is 5.15. The summed E-state index contributed by atoms with van der Waals surface area (Å²) >= 11 is 0. The zero-order chi connectivity index (χ0) is 19.7. The number of nitrogens with zero attached hydrogens (tertiary/aromatic N) is 1. The second kappa shape index (κ2) is 16.0. The quantitative estimate of drug-likeness (QED) is 0.194. The van der Waals surface area contributed by atoms with Crippen molar-refractivity contribution in [3.05, 3.63) is 0 Å². The van der Waals surface area contributed by atoms with Gasteiger partial charge in [0.1, 0.15) is 13.2 Å². The van der Waals surface area contributed by atoms with E-state index in [0.717, 1.165) is 45.3 Å². The summed E-state index contributed by atoms with van der Waals surface area (Å²) in [5.41, 5.74) is 0. The Morgan fingerprint density at radius 3 is 1.73 bits per heavy atom. The fourth-order valence-electron chi connectivity index (χ4n) is 2.36. The Morgan fingerprint density at radius 2 is 1.19 bits per heavy atom. The van der Waals surface area contributed by atoms with Crippen molar-refractivity contribution >= 4 is 7.82 Å². The van der Waals surface area contributed by atoms with Gasteiger partial charge in [-0.2, -0.15) is 0 Å². The molecule has 0 bridgehead atoms. The highest BCUT2D eigenvalue weighted by atomic mass is 31.2. The van der Waals surface area contributed by atoms with Gasteiger partial charge in [-0.3, -0.25) is 9.05 Å². The maximum Gasteiger partial charge on any atom is 0.472 e. The number of hydrogen-bond acceptors (Lipinski definition) is 4. The molecule has 1 unspecified atom stereocenters.